The number of aromatic nitrogens is 1. The molecule has 4 rings (SSSR count). The highest BCUT2D eigenvalue weighted by molar-refractivity contribution is 5.93. The van der Waals surface area contributed by atoms with E-state index in [0.717, 1.165) is 18.5 Å². The fourth-order valence-electron chi connectivity index (χ4n) is 3.22. The molecule has 1 saturated heterocycles. The van der Waals surface area contributed by atoms with Crippen molar-refractivity contribution < 1.29 is 18.7 Å². The average molecular weight is 398 g/mol. The smallest absolute Gasteiger partial charge is 0.260 e. The van der Waals surface area contributed by atoms with Crippen molar-refractivity contribution in [1.29, 1.82) is 0 Å². The Morgan fingerprint density at radius 2 is 1.79 bits per heavy atom. The monoisotopic (exact) mass is 398 g/mol. The molecular formula is C21H23FN4O3. The van der Waals surface area contributed by atoms with Gasteiger partial charge in [-0.25, -0.2) is 9.37 Å². The third-order valence-corrected chi connectivity index (χ3v) is 5.12. The highest BCUT2D eigenvalue weighted by Crippen LogP contribution is 2.30. The molecule has 2 aromatic rings. The number of rotatable bonds is 6. The summed E-state index contributed by atoms with van der Waals surface area (Å²) in [7, 11) is 0. The molecule has 0 spiro atoms. The van der Waals surface area contributed by atoms with E-state index in [-0.39, 0.29) is 30.2 Å². The molecule has 0 unspecified atom stereocenters. The number of carbonyl (C=O) groups is 2. The van der Waals surface area contributed by atoms with Gasteiger partial charge in [0.15, 0.2) is 6.61 Å². The van der Waals surface area contributed by atoms with E-state index in [1.807, 2.05) is 0 Å². The second kappa shape index (κ2) is 8.46. The van der Waals surface area contributed by atoms with Gasteiger partial charge in [0.1, 0.15) is 5.82 Å². The Morgan fingerprint density at radius 3 is 2.41 bits per heavy atom. The van der Waals surface area contributed by atoms with E-state index < -0.39 is 0 Å². The molecule has 1 aromatic heterocycles. The molecule has 2 fully saturated rings. The van der Waals surface area contributed by atoms with E-state index in [1.165, 1.54) is 18.3 Å². The lowest BCUT2D eigenvalue weighted by atomic mass is 10.2. The number of pyridine rings is 1. The van der Waals surface area contributed by atoms with Gasteiger partial charge in [-0.2, -0.15) is 0 Å². The number of amides is 2. The fourth-order valence-corrected chi connectivity index (χ4v) is 3.22. The van der Waals surface area contributed by atoms with Gasteiger partial charge in [0.25, 0.3) is 5.91 Å². The molecule has 152 valence electrons. The standard InChI is InChI=1S/C21H23FN4O3/c22-16-3-6-18(7-4-16)25-9-11-26(12-10-25)20(27)14-29-19-8-5-17(13-23-19)24-21(28)15-1-2-15/h3-8,13,15H,1-2,9-12,14H2,(H,24,28). The SMILES string of the molecule is O=C(Nc1ccc(OCC(=O)N2CCN(c3ccc(F)cc3)CC2)nc1)C1CC1. The normalized spacial score (nSPS) is 16.4. The fraction of sp³-hybridized carbons (Fsp3) is 0.381. The summed E-state index contributed by atoms with van der Waals surface area (Å²) in [5.41, 5.74) is 1.57. The first-order valence-corrected chi connectivity index (χ1v) is 9.76. The molecule has 1 aromatic carbocycles. The van der Waals surface area contributed by atoms with Crippen molar-refractivity contribution >= 4 is 23.2 Å². The minimum Gasteiger partial charge on any atom is -0.468 e. The molecule has 8 heteroatoms. The number of piperazine rings is 1. The number of hydrogen-bond acceptors (Lipinski definition) is 5. The largest absolute Gasteiger partial charge is 0.468 e. The summed E-state index contributed by atoms with van der Waals surface area (Å²) < 4.78 is 18.5. The van der Waals surface area contributed by atoms with Gasteiger partial charge < -0.3 is 19.9 Å². The second-order valence-electron chi connectivity index (χ2n) is 7.28. The van der Waals surface area contributed by atoms with Gasteiger partial charge in [-0.1, -0.05) is 0 Å². The maximum absolute atomic E-state index is 13.0. The summed E-state index contributed by atoms with van der Waals surface area (Å²) >= 11 is 0. The van der Waals surface area contributed by atoms with Crippen molar-refractivity contribution in [2.24, 2.45) is 5.92 Å². The number of nitrogens with one attached hydrogen (secondary N) is 1. The van der Waals surface area contributed by atoms with E-state index >= 15 is 0 Å². The maximum Gasteiger partial charge on any atom is 0.260 e. The van der Waals surface area contributed by atoms with Crippen molar-refractivity contribution in [3.8, 4) is 5.88 Å². The van der Waals surface area contributed by atoms with Crippen LogP contribution in [0, 0.1) is 11.7 Å². The second-order valence-corrected chi connectivity index (χ2v) is 7.28. The van der Waals surface area contributed by atoms with Crippen molar-refractivity contribution in [3.05, 3.63) is 48.4 Å². The molecule has 0 radical (unpaired) electrons. The van der Waals surface area contributed by atoms with Crippen molar-refractivity contribution in [2.75, 3.05) is 43.0 Å². The first-order chi connectivity index (χ1) is 14.1. The zero-order chi connectivity index (χ0) is 20.2. The molecule has 1 saturated carbocycles. The van der Waals surface area contributed by atoms with E-state index in [4.69, 9.17) is 4.74 Å². The number of nitrogens with zero attached hydrogens (tertiary/aromatic N) is 3. The molecule has 7 nitrogen and oxygen atoms in total. The minimum absolute atomic E-state index is 0.0235. The summed E-state index contributed by atoms with van der Waals surface area (Å²) in [5.74, 6) is 0.138. The van der Waals surface area contributed by atoms with Crippen LogP contribution in [-0.2, 0) is 9.59 Å². The summed E-state index contributed by atoms with van der Waals surface area (Å²) in [6, 6.07) is 9.74. The number of anilines is 2. The Hall–Kier alpha value is -3.16. The van der Waals surface area contributed by atoms with Gasteiger partial charge in [-0.05, 0) is 43.2 Å². The van der Waals surface area contributed by atoms with Gasteiger partial charge >= 0.3 is 0 Å². The van der Waals surface area contributed by atoms with E-state index in [9.17, 15) is 14.0 Å². The van der Waals surface area contributed by atoms with Gasteiger partial charge in [-0.3, -0.25) is 9.59 Å². The quantitative estimate of drug-likeness (QED) is 0.808. The zero-order valence-corrected chi connectivity index (χ0v) is 16.0. The molecule has 29 heavy (non-hydrogen) atoms. The molecule has 1 N–H and O–H groups in total. The first-order valence-electron chi connectivity index (χ1n) is 9.76. The van der Waals surface area contributed by atoms with Crippen LogP contribution in [0.4, 0.5) is 15.8 Å². The van der Waals surface area contributed by atoms with Gasteiger partial charge in [0, 0.05) is 43.9 Å². The van der Waals surface area contributed by atoms with Crippen LogP contribution in [0.2, 0.25) is 0 Å². The third kappa shape index (κ3) is 5.01. The number of ether oxygens (including phenoxy) is 1. The van der Waals surface area contributed by atoms with Crippen LogP contribution in [0.25, 0.3) is 0 Å². The molecule has 1 aliphatic heterocycles. The van der Waals surface area contributed by atoms with Gasteiger partial charge in [0.05, 0.1) is 11.9 Å². The van der Waals surface area contributed by atoms with E-state index in [0.29, 0.717) is 37.7 Å². The lowest BCUT2D eigenvalue weighted by Crippen LogP contribution is -2.50. The Bertz CT molecular complexity index is 860. The topological polar surface area (TPSA) is 74.8 Å². The van der Waals surface area contributed by atoms with Crippen LogP contribution in [0.1, 0.15) is 12.8 Å². The molecule has 2 heterocycles. The van der Waals surface area contributed by atoms with E-state index in [1.54, 1.807) is 29.2 Å². The highest BCUT2D eigenvalue weighted by Gasteiger charge is 2.29. The summed E-state index contributed by atoms with van der Waals surface area (Å²) in [5, 5.41) is 2.81. The van der Waals surface area contributed by atoms with Crippen LogP contribution in [0.5, 0.6) is 5.88 Å². The maximum atomic E-state index is 13.0. The summed E-state index contributed by atoms with van der Waals surface area (Å²) in [4.78, 5) is 32.2. The van der Waals surface area contributed by atoms with E-state index in [2.05, 4.69) is 15.2 Å². The molecule has 1 aliphatic carbocycles. The molecule has 2 amide bonds. The number of halogens is 1. The van der Waals surface area contributed by atoms with Gasteiger partial charge in [0.2, 0.25) is 11.8 Å². The van der Waals surface area contributed by atoms with Crippen LogP contribution in [0.15, 0.2) is 42.6 Å². The number of carbonyl (C=O) groups excluding carboxylic acids is 2. The van der Waals surface area contributed by atoms with Crippen molar-refractivity contribution in [1.82, 2.24) is 9.88 Å². The number of benzene rings is 1. The third-order valence-electron chi connectivity index (χ3n) is 5.12. The molecule has 2 aliphatic rings. The summed E-state index contributed by atoms with van der Waals surface area (Å²) in [6.45, 7) is 2.45. The highest BCUT2D eigenvalue weighted by atomic mass is 19.1. The van der Waals surface area contributed by atoms with Crippen LogP contribution < -0.4 is 15.0 Å². The summed E-state index contributed by atoms with van der Waals surface area (Å²) in [6.07, 6.45) is 3.42. The Morgan fingerprint density at radius 1 is 1.07 bits per heavy atom. The Labute approximate surface area is 168 Å². The Kier molecular flexibility index (Phi) is 5.59. The van der Waals surface area contributed by atoms with Gasteiger partial charge in [-0.15, -0.1) is 0 Å². The van der Waals surface area contributed by atoms with Crippen molar-refractivity contribution in [2.45, 2.75) is 12.8 Å². The minimum atomic E-state index is -0.258. The molecule has 0 atom stereocenters. The lowest BCUT2D eigenvalue weighted by molar-refractivity contribution is -0.133. The van der Waals surface area contributed by atoms with Crippen LogP contribution in [0.3, 0.4) is 0 Å². The predicted molar refractivity (Wildman–Crippen MR) is 106 cm³/mol. The molecular weight excluding hydrogens is 375 g/mol. The van der Waals surface area contributed by atoms with Crippen LogP contribution >= 0.6 is 0 Å². The average Bonchev–Trinajstić information content (AvgIpc) is 3.59. The zero-order valence-electron chi connectivity index (χ0n) is 16.0. The Balaban J connectivity index is 1.21. The molecule has 0 bridgehead atoms. The number of hydrogen-bond donors (Lipinski definition) is 1. The van der Waals surface area contributed by atoms with Crippen LogP contribution in [-0.4, -0.2) is 54.5 Å². The van der Waals surface area contributed by atoms with Crippen molar-refractivity contribution in [3.63, 3.8) is 0 Å². The lowest BCUT2D eigenvalue weighted by Gasteiger charge is -2.36. The first kappa shape index (κ1) is 19.2. The predicted octanol–water partition coefficient (Wildman–Crippen LogP) is 2.30.